The van der Waals surface area contributed by atoms with Crippen LogP contribution in [0.4, 0.5) is 13.2 Å². The number of aliphatic hydroxyl groups is 1. The van der Waals surface area contributed by atoms with Crippen LogP contribution in [0.5, 0.6) is 0 Å². The van der Waals surface area contributed by atoms with Crippen molar-refractivity contribution in [1.29, 1.82) is 0 Å². The number of halogens is 4. The van der Waals surface area contributed by atoms with E-state index in [2.05, 4.69) is 4.98 Å². The Balaban J connectivity index is 2.05. The first kappa shape index (κ1) is 22.3. The minimum absolute atomic E-state index is 0.0795. The monoisotopic (exact) mass is 458 g/mol. The number of aliphatic hydroxyl groups excluding tert-OH is 1. The number of thiophene rings is 1. The molecule has 0 saturated carbocycles. The standard InChI is InChI=1S/C20H18ClF3N2O3S/c1-3-29-17(28)9-15-25-18(20(22,23)24)19(21)26(15)16-7-6-14(30-16)12-4-5-13(10-27)11(2)8-12/h4-8,27H,3,9-10H2,1-2H3. The molecule has 0 saturated heterocycles. The van der Waals surface area contributed by atoms with Crippen LogP contribution in [-0.4, -0.2) is 27.2 Å². The first-order valence-corrected chi connectivity index (χ1v) is 10.2. The van der Waals surface area contributed by atoms with Crippen LogP contribution in [0.2, 0.25) is 5.15 Å². The van der Waals surface area contributed by atoms with Crippen LogP contribution in [0.1, 0.15) is 29.6 Å². The van der Waals surface area contributed by atoms with Gasteiger partial charge in [0.05, 0.1) is 13.2 Å². The molecule has 0 bridgehead atoms. The van der Waals surface area contributed by atoms with E-state index in [1.807, 2.05) is 19.1 Å². The second-order valence-corrected chi connectivity index (χ2v) is 7.84. The van der Waals surface area contributed by atoms with Gasteiger partial charge in [0.25, 0.3) is 0 Å². The molecule has 3 aromatic rings. The Kier molecular flexibility index (Phi) is 6.54. The fourth-order valence-electron chi connectivity index (χ4n) is 2.94. The third-order valence-electron chi connectivity index (χ3n) is 4.38. The minimum atomic E-state index is -4.76. The van der Waals surface area contributed by atoms with Crippen LogP contribution in [0.3, 0.4) is 0 Å². The zero-order chi connectivity index (χ0) is 22.1. The van der Waals surface area contributed by atoms with Gasteiger partial charge in [-0.05, 0) is 42.7 Å². The Hall–Kier alpha value is -2.36. The second-order valence-electron chi connectivity index (χ2n) is 6.42. The number of esters is 1. The molecule has 3 rings (SSSR count). The summed E-state index contributed by atoms with van der Waals surface area (Å²) in [4.78, 5) is 16.2. The Bertz CT molecular complexity index is 1080. The molecule has 5 nitrogen and oxygen atoms in total. The highest BCUT2D eigenvalue weighted by molar-refractivity contribution is 7.17. The second kappa shape index (κ2) is 8.79. The van der Waals surface area contributed by atoms with E-state index < -0.39 is 29.4 Å². The fourth-order valence-corrected chi connectivity index (χ4v) is 4.36. The molecule has 0 radical (unpaired) electrons. The van der Waals surface area contributed by atoms with Gasteiger partial charge < -0.3 is 9.84 Å². The van der Waals surface area contributed by atoms with Crippen molar-refractivity contribution >= 4 is 28.9 Å². The number of hydrogen-bond donors (Lipinski definition) is 1. The lowest BCUT2D eigenvalue weighted by molar-refractivity contribution is -0.143. The van der Waals surface area contributed by atoms with E-state index in [1.54, 1.807) is 25.1 Å². The summed E-state index contributed by atoms with van der Waals surface area (Å²) in [5.74, 6) is -0.841. The third-order valence-corrected chi connectivity index (χ3v) is 5.84. The van der Waals surface area contributed by atoms with Crippen LogP contribution in [0.25, 0.3) is 15.4 Å². The van der Waals surface area contributed by atoms with Crippen molar-refractivity contribution in [3.8, 4) is 15.4 Å². The largest absolute Gasteiger partial charge is 0.466 e. The molecular weight excluding hydrogens is 441 g/mol. The Morgan fingerprint density at radius 3 is 2.63 bits per heavy atom. The number of ether oxygens (including phenoxy) is 1. The summed E-state index contributed by atoms with van der Waals surface area (Å²) in [6, 6.07) is 8.88. The van der Waals surface area contributed by atoms with Crippen LogP contribution >= 0.6 is 22.9 Å². The molecule has 0 amide bonds. The first-order valence-electron chi connectivity index (χ1n) is 8.96. The van der Waals surface area contributed by atoms with E-state index in [4.69, 9.17) is 16.3 Å². The van der Waals surface area contributed by atoms with Gasteiger partial charge in [0.1, 0.15) is 22.4 Å². The maximum Gasteiger partial charge on any atom is 0.436 e. The van der Waals surface area contributed by atoms with Gasteiger partial charge in [0, 0.05) is 4.88 Å². The highest BCUT2D eigenvalue weighted by atomic mass is 35.5. The van der Waals surface area contributed by atoms with Gasteiger partial charge >= 0.3 is 12.1 Å². The molecular formula is C20H18ClF3N2O3S. The first-order chi connectivity index (χ1) is 14.2. The molecule has 160 valence electrons. The number of hydrogen-bond acceptors (Lipinski definition) is 5. The lowest BCUT2D eigenvalue weighted by atomic mass is 10.0. The lowest BCUT2D eigenvalue weighted by Gasteiger charge is -2.07. The van der Waals surface area contributed by atoms with Crippen molar-refractivity contribution in [3.63, 3.8) is 0 Å². The van der Waals surface area contributed by atoms with Crippen molar-refractivity contribution in [1.82, 2.24) is 9.55 Å². The summed E-state index contributed by atoms with van der Waals surface area (Å²) < 4.78 is 46.0. The summed E-state index contributed by atoms with van der Waals surface area (Å²) >= 11 is 7.25. The van der Waals surface area contributed by atoms with Gasteiger partial charge in [-0.1, -0.05) is 29.8 Å². The molecule has 2 heterocycles. The molecule has 0 aliphatic heterocycles. The molecule has 0 aliphatic carbocycles. The number of benzene rings is 1. The summed E-state index contributed by atoms with van der Waals surface area (Å²) in [5.41, 5.74) is 1.29. The highest BCUT2D eigenvalue weighted by Crippen LogP contribution is 2.39. The normalized spacial score (nSPS) is 11.7. The zero-order valence-electron chi connectivity index (χ0n) is 16.1. The number of nitrogens with zero attached hydrogens (tertiary/aromatic N) is 2. The van der Waals surface area contributed by atoms with Crippen molar-refractivity contribution in [3.05, 3.63) is 58.1 Å². The number of rotatable bonds is 6. The average molecular weight is 459 g/mol. The van der Waals surface area contributed by atoms with Gasteiger partial charge in [0.15, 0.2) is 5.69 Å². The molecule has 0 atom stereocenters. The molecule has 1 N–H and O–H groups in total. The van der Waals surface area contributed by atoms with E-state index in [1.165, 1.54) is 11.3 Å². The van der Waals surface area contributed by atoms with Crippen LogP contribution in [-0.2, 0) is 28.7 Å². The summed E-state index contributed by atoms with van der Waals surface area (Å²) in [7, 11) is 0. The predicted molar refractivity (Wildman–Crippen MR) is 108 cm³/mol. The Labute approximate surface area is 179 Å². The van der Waals surface area contributed by atoms with E-state index in [9.17, 15) is 23.1 Å². The summed E-state index contributed by atoms with van der Waals surface area (Å²) in [5, 5.41) is 9.10. The van der Waals surface area contributed by atoms with E-state index >= 15 is 0 Å². The smallest absolute Gasteiger partial charge is 0.436 e. The zero-order valence-corrected chi connectivity index (χ0v) is 17.7. The van der Waals surface area contributed by atoms with Crippen molar-refractivity contribution in [2.75, 3.05) is 6.61 Å². The highest BCUT2D eigenvalue weighted by Gasteiger charge is 2.39. The SMILES string of the molecule is CCOC(=O)Cc1nc(C(F)(F)F)c(Cl)n1-c1ccc(-c2ccc(CO)c(C)c2)s1. The molecule has 30 heavy (non-hydrogen) atoms. The fraction of sp³-hybridized carbons (Fsp3) is 0.300. The molecule has 10 heteroatoms. The average Bonchev–Trinajstić information content (AvgIpc) is 3.26. The topological polar surface area (TPSA) is 64.3 Å². The third kappa shape index (κ3) is 4.53. The van der Waals surface area contributed by atoms with Gasteiger partial charge in [0.2, 0.25) is 0 Å². The molecule has 0 aliphatic rings. The number of aromatic nitrogens is 2. The maximum atomic E-state index is 13.3. The number of aryl methyl sites for hydroxylation is 1. The van der Waals surface area contributed by atoms with Crippen molar-refractivity contribution in [2.45, 2.75) is 33.1 Å². The van der Waals surface area contributed by atoms with Gasteiger partial charge in [-0.2, -0.15) is 13.2 Å². The predicted octanol–water partition coefficient (Wildman–Crippen LogP) is 5.18. The van der Waals surface area contributed by atoms with Gasteiger partial charge in [-0.25, -0.2) is 4.98 Å². The summed E-state index contributed by atoms with van der Waals surface area (Å²) in [6.45, 7) is 3.49. The number of carbonyl (C=O) groups is 1. The van der Waals surface area contributed by atoms with Crippen LogP contribution < -0.4 is 0 Å². The molecule has 0 spiro atoms. The molecule has 0 unspecified atom stereocenters. The quantitative estimate of drug-likeness (QED) is 0.517. The van der Waals surface area contributed by atoms with Crippen LogP contribution in [0, 0.1) is 6.92 Å². The maximum absolute atomic E-state index is 13.3. The number of alkyl halides is 3. The van der Waals surface area contributed by atoms with E-state index in [-0.39, 0.29) is 19.0 Å². The van der Waals surface area contributed by atoms with Gasteiger partial charge in [-0.15, -0.1) is 11.3 Å². The van der Waals surface area contributed by atoms with E-state index in [0.717, 1.165) is 26.1 Å². The minimum Gasteiger partial charge on any atom is -0.466 e. The Morgan fingerprint density at radius 2 is 2.03 bits per heavy atom. The van der Waals surface area contributed by atoms with Crippen molar-refractivity contribution < 1.29 is 27.8 Å². The summed E-state index contributed by atoms with van der Waals surface area (Å²) in [6.07, 6.45) is -5.20. The molecule has 2 aromatic heterocycles. The molecule has 0 fully saturated rings. The van der Waals surface area contributed by atoms with Gasteiger partial charge in [-0.3, -0.25) is 9.36 Å². The Morgan fingerprint density at radius 1 is 1.30 bits per heavy atom. The lowest BCUT2D eigenvalue weighted by Crippen LogP contribution is -2.12. The number of imidazole rings is 1. The van der Waals surface area contributed by atoms with E-state index in [0.29, 0.717) is 5.00 Å². The van der Waals surface area contributed by atoms with Crippen molar-refractivity contribution in [2.24, 2.45) is 0 Å². The van der Waals surface area contributed by atoms with Crippen LogP contribution in [0.15, 0.2) is 30.3 Å². The molecule has 1 aromatic carbocycles. The number of carbonyl (C=O) groups excluding carboxylic acids is 1.